The lowest BCUT2D eigenvalue weighted by Crippen LogP contribution is -2.31. The molecule has 0 amide bonds. The summed E-state index contributed by atoms with van der Waals surface area (Å²) in [6, 6.07) is 6.03. The van der Waals surface area contributed by atoms with Gasteiger partial charge in [-0.25, -0.2) is 0 Å². The molecule has 0 spiro atoms. The Kier molecular flexibility index (Phi) is 10.3. The molecular formula is C25H33ClO3. The largest absolute Gasteiger partial charge is 0.494 e. The van der Waals surface area contributed by atoms with Crippen LogP contribution in [0.25, 0.3) is 0 Å². The molecule has 2 rings (SSSR count). The fourth-order valence-electron chi connectivity index (χ4n) is 3.44. The highest BCUT2D eigenvalue weighted by atomic mass is 35.5. The molecule has 1 aromatic carbocycles. The lowest BCUT2D eigenvalue weighted by atomic mass is 9.93. The molecule has 29 heavy (non-hydrogen) atoms. The molecule has 1 aliphatic rings. The highest BCUT2D eigenvalue weighted by Crippen LogP contribution is 2.34. The summed E-state index contributed by atoms with van der Waals surface area (Å²) in [5.41, 5.74) is 2.12. The van der Waals surface area contributed by atoms with Crippen LogP contribution in [-0.4, -0.2) is 23.9 Å². The van der Waals surface area contributed by atoms with Crippen LogP contribution in [0.1, 0.15) is 57.3 Å². The average Bonchev–Trinajstić information content (AvgIpc) is 2.70. The minimum absolute atomic E-state index is 0.0488. The van der Waals surface area contributed by atoms with Crippen molar-refractivity contribution in [2.24, 2.45) is 0 Å². The third kappa shape index (κ3) is 7.85. The minimum Gasteiger partial charge on any atom is -0.494 e. The van der Waals surface area contributed by atoms with Crippen molar-refractivity contribution >= 4 is 11.6 Å². The first-order chi connectivity index (χ1) is 14.1. The Bertz CT molecular complexity index is 748. The number of hydrogen-bond donors (Lipinski definition) is 1. The summed E-state index contributed by atoms with van der Waals surface area (Å²) in [7, 11) is 0. The first-order valence-corrected chi connectivity index (χ1v) is 10.8. The lowest BCUT2D eigenvalue weighted by molar-refractivity contribution is -0.0958. The Balaban J connectivity index is 2.08. The highest BCUT2D eigenvalue weighted by molar-refractivity contribution is 6.31. The van der Waals surface area contributed by atoms with E-state index in [-0.39, 0.29) is 18.3 Å². The van der Waals surface area contributed by atoms with E-state index in [4.69, 9.17) is 21.1 Å². The molecule has 0 aliphatic carbocycles. The van der Waals surface area contributed by atoms with Gasteiger partial charge in [0.2, 0.25) is 0 Å². The summed E-state index contributed by atoms with van der Waals surface area (Å²) in [4.78, 5) is 0. The van der Waals surface area contributed by atoms with Crippen molar-refractivity contribution in [3.05, 3.63) is 82.6 Å². The maximum atomic E-state index is 10.3. The SMILES string of the molecule is C\C=C/C(=C\C=C\Cc1cc(C2CC(O)CC(C/C=C/C)O2)ccc1Cl)OCC. The molecule has 3 nitrogen and oxygen atoms in total. The van der Waals surface area contributed by atoms with E-state index in [1.807, 2.05) is 63.3 Å². The van der Waals surface area contributed by atoms with Gasteiger partial charge in [-0.15, -0.1) is 0 Å². The second kappa shape index (κ2) is 12.7. The van der Waals surface area contributed by atoms with Crippen molar-refractivity contribution in [1.29, 1.82) is 0 Å². The van der Waals surface area contributed by atoms with Crippen molar-refractivity contribution in [2.45, 2.75) is 64.8 Å². The Morgan fingerprint density at radius 3 is 2.79 bits per heavy atom. The molecule has 1 heterocycles. The van der Waals surface area contributed by atoms with Gasteiger partial charge in [0, 0.05) is 11.4 Å². The lowest BCUT2D eigenvalue weighted by Gasteiger charge is -2.33. The number of ether oxygens (including phenoxy) is 2. The van der Waals surface area contributed by atoms with E-state index in [1.54, 1.807) is 0 Å². The molecule has 0 saturated carbocycles. The Morgan fingerprint density at radius 2 is 2.07 bits per heavy atom. The smallest absolute Gasteiger partial charge is 0.118 e. The van der Waals surface area contributed by atoms with E-state index in [9.17, 15) is 5.11 Å². The molecule has 1 aliphatic heterocycles. The van der Waals surface area contributed by atoms with Crippen LogP contribution in [0.2, 0.25) is 5.02 Å². The molecule has 1 fully saturated rings. The topological polar surface area (TPSA) is 38.7 Å². The molecule has 0 bridgehead atoms. The number of benzene rings is 1. The van der Waals surface area contributed by atoms with Crippen molar-refractivity contribution < 1.29 is 14.6 Å². The molecule has 0 radical (unpaired) electrons. The minimum atomic E-state index is -0.336. The van der Waals surface area contributed by atoms with Gasteiger partial charge in [-0.2, -0.15) is 0 Å². The van der Waals surface area contributed by atoms with Gasteiger partial charge in [0.05, 0.1) is 24.9 Å². The first-order valence-electron chi connectivity index (χ1n) is 10.4. The number of aliphatic hydroxyl groups is 1. The maximum absolute atomic E-state index is 10.3. The van der Waals surface area contributed by atoms with E-state index in [2.05, 4.69) is 18.2 Å². The summed E-state index contributed by atoms with van der Waals surface area (Å²) < 4.78 is 11.8. The third-order valence-electron chi connectivity index (χ3n) is 4.83. The zero-order valence-corrected chi connectivity index (χ0v) is 18.4. The van der Waals surface area contributed by atoms with Crippen molar-refractivity contribution in [3.8, 4) is 0 Å². The van der Waals surface area contributed by atoms with Gasteiger partial charge in [0.25, 0.3) is 0 Å². The number of rotatable bonds is 9. The van der Waals surface area contributed by atoms with Gasteiger partial charge >= 0.3 is 0 Å². The molecule has 3 unspecified atom stereocenters. The molecule has 0 aromatic heterocycles. The second-order valence-corrected chi connectivity index (χ2v) is 7.57. The third-order valence-corrected chi connectivity index (χ3v) is 5.20. The zero-order valence-electron chi connectivity index (χ0n) is 17.7. The first kappa shape index (κ1) is 23.5. The van der Waals surface area contributed by atoms with Gasteiger partial charge in [0.15, 0.2) is 0 Å². The van der Waals surface area contributed by atoms with E-state index < -0.39 is 0 Å². The Hall–Kier alpha value is -1.81. The van der Waals surface area contributed by atoms with Crippen LogP contribution in [0.3, 0.4) is 0 Å². The van der Waals surface area contributed by atoms with Crippen LogP contribution in [0.5, 0.6) is 0 Å². The normalized spacial score (nSPS) is 23.5. The Labute approximate surface area is 180 Å². The highest BCUT2D eigenvalue weighted by Gasteiger charge is 2.29. The fraction of sp³-hybridized carbons (Fsp3) is 0.440. The Morgan fingerprint density at radius 1 is 1.24 bits per heavy atom. The predicted octanol–water partition coefficient (Wildman–Crippen LogP) is 6.48. The molecule has 1 aromatic rings. The summed E-state index contributed by atoms with van der Waals surface area (Å²) in [5, 5.41) is 11.0. The summed E-state index contributed by atoms with van der Waals surface area (Å²) >= 11 is 6.42. The van der Waals surface area contributed by atoms with Crippen LogP contribution < -0.4 is 0 Å². The van der Waals surface area contributed by atoms with Crippen molar-refractivity contribution in [2.75, 3.05) is 6.61 Å². The van der Waals surface area contributed by atoms with Crippen LogP contribution in [0.15, 0.2) is 66.5 Å². The summed E-state index contributed by atoms with van der Waals surface area (Å²) in [6.07, 6.45) is 16.5. The fourth-order valence-corrected chi connectivity index (χ4v) is 3.63. The number of hydrogen-bond acceptors (Lipinski definition) is 3. The summed E-state index contributed by atoms with van der Waals surface area (Å²) in [6.45, 7) is 6.58. The van der Waals surface area contributed by atoms with Crippen LogP contribution in [0.4, 0.5) is 0 Å². The van der Waals surface area contributed by atoms with Crippen molar-refractivity contribution in [3.63, 3.8) is 0 Å². The van der Waals surface area contributed by atoms with Crippen LogP contribution >= 0.6 is 11.6 Å². The molecule has 3 atom stereocenters. The van der Waals surface area contributed by atoms with E-state index in [0.717, 1.165) is 34.8 Å². The number of aliphatic hydroxyl groups excluding tert-OH is 1. The predicted molar refractivity (Wildman–Crippen MR) is 121 cm³/mol. The zero-order chi connectivity index (χ0) is 21.1. The van der Waals surface area contributed by atoms with E-state index in [0.29, 0.717) is 19.4 Å². The van der Waals surface area contributed by atoms with Gasteiger partial charge in [-0.1, -0.05) is 54.1 Å². The average molecular weight is 417 g/mol. The molecule has 1 N–H and O–H groups in total. The number of allylic oxidation sites excluding steroid dienone is 6. The molecule has 4 heteroatoms. The second-order valence-electron chi connectivity index (χ2n) is 7.16. The maximum Gasteiger partial charge on any atom is 0.118 e. The standard InChI is InChI=1S/C25H33ClO3/c1-4-7-12-23-17-21(27)18-25(29-23)20-14-15-24(26)19(16-20)11-8-9-13-22(10-5-2)28-6-3/h4-5,7-10,13-16,21,23,25,27H,6,11-12,17-18H2,1-3H3/b7-4+,9-8+,10-5-,22-13+. The number of halogens is 1. The molecule has 158 valence electrons. The van der Waals surface area contributed by atoms with Crippen LogP contribution in [-0.2, 0) is 15.9 Å². The monoisotopic (exact) mass is 416 g/mol. The van der Waals surface area contributed by atoms with E-state index >= 15 is 0 Å². The van der Waals surface area contributed by atoms with Gasteiger partial charge in [0.1, 0.15) is 5.76 Å². The summed E-state index contributed by atoms with van der Waals surface area (Å²) in [5.74, 6) is 0.836. The van der Waals surface area contributed by atoms with Crippen LogP contribution in [0, 0.1) is 0 Å². The molecular weight excluding hydrogens is 384 g/mol. The molecule has 1 saturated heterocycles. The van der Waals surface area contributed by atoms with Crippen molar-refractivity contribution in [1.82, 2.24) is 0 Å². The van der Waals surface area contributed by atoms with Gasteiger partial charge < -0.3 is 14.6 Å². The van der Waals surface area contributed by atoms with E-state index in [1.165, 1.54) is 0 Å². The van der Waals surface area contributed by atoms with Gasteiger partial charge in [-0.05, 0) is 69.4 Å². The van der Waals surface area contributed by atoms with Gasteiger partial charge in [-0.3, -0.25) is 0 Å². The quantitative estimate of drug-likeness (QED) is 0.284.